The Bertz CT molecular complexity index is 972. The van der Waals surface area contributed by atoms with Gasteiger partial charge in [-0.3, -0.25) is 0 Å². The van der Waals surface area contributed by atoms with Crippen molar-refractivity contribution in [2.24, 2.45) is 0 Å². The number of rotatable bonds is 3. The first-order chi connectivity index (χ1) is 11.2. The SMILES string of the molecule is N#CC(C#N)=CNc1ccc2nc(-c3cccc(O)c3)[nH]c2c1. The molecule has 0 saturated heterocycles. The van der Waals surface area contributed by atoms with E-state index >= 15 is 0 Å². The highest BCUT2D eigenvalue weighted by molar-refractivity contribution is 5.83. The number of anilines is 1. The fourth-order valence-electron chi connectivity index (χ4n) is 2.13. The molecule has 3 aromatic rings. The Labute approximate surface area is 131 Å². The second kappa shape index (κ2) is 5.92. The van der Waals surface area contributed by atoms with Crippen molar-refractivity contribution in [1.29, 1.82) is 10.5 Å². The Morgan fingerprint density at radius 1 is 1.17 bits per heavy atom. The summed E-state index contributed by atoms with van der Waals surface area (Å²) in [6.07, 6.45) is 1.35. The lowest BCUT2D eigenvalue weighted by molar-refractivity contribution is 0.475. The van der Waals surface area contributed by atoms with E-state index in [9.17, 15) is 5.11 Å². The maximum absolute atomic E-state index is 9.55. The van der Waals surface area contributed by atoms with Crippen LogP contribution in [0.5, 0.6) is 5.75 Å². The van der Waals surface area contributed by atoms with E-state index < -0.39 is 0 Å². The number of allylic oxidation sites excluding steroid dienone is 1. The minimum Gasteiger partial charge on any atom is -0.508 e. The lowest BCUT2D eigenvalue weighted by Crippen LogP contribution is -1.89. The summed E-state index contributed by atoms with van der Waals surface area (Å²) in [6.45, 7) is 0. The van der Waals surface area contributed by atoms with E-state index in [0.717, 1.165) is 22.3 Å². The molecule has 2 aromatic carbocycles. The molecule has 3 N–H and O–H groups in total. The van der Waals surface area contributed by atoms with Crippen LogP contribution in [-0.4, -0.2) is 15.1 Å². The normalized spacial score (nSPS) is 9.83. The molecule has 0 aliphatic rings. The number of nitrogens with one attached hydrogen (secondary N) is 2. The molecule has 0 aliphatic heterocycles. The minimum absolute atomic E-state index is 0.00448. The number of imidazole rings is 1. The smallest absolute Gasteiger partial charge is 0.145 e. The van der Waals surface area contributed by atoms with Gasteiger partial charge in [0.2, 0.25) is 0 Å². The van der Waals surface area contributed by atoms with E-state index in [2.05, 4.69) is 15.3 Å². The van der Waals surface area contributed by atoms with Crippen LogP contribution in [0.15, 0.2) is 54.2 Å². The largest absolute Gasteiger partial charge is 0.508 e. The summed E-state index contributed by atoms with van der Waals surface area (Å²) in [5.74, 6) is 0.828. The molecule has 0 fully saturated rings. The molecular formula is C17H11N5O. The topological polar surface area (TPSA) is 109 Å². The number of benzene rings is 2. The molecule has 0 bridgehead atoms. The van der Waals surface area contributed by atoms with E-state index in [-0.39, 0.29) is 11.3 Å². The highest BCUT2D eigenvalue weighted by Gasteiger charge is 2.06. The number of hydrogen-bond acceptors (Lipinski definition) is 5. The molecular weight excluding hydrogens is 290 g/mol. The van der Waals surface area contributed by atoms with Crippen molar-refractivity contribution in [2.45, 2.75) is 0 Å². The predicted octanol–water partition coefficient (Wildman–Crippen LogP) is 3.28. The van der Waals surface area contributed by atoms with E-state index in [0.29, 0.717) is 5.82 Å². The van der Waals surface area contributed by atoms with Gasteiger partial charge in [0, 0.05) is 17.5 Å². The molecule has 0 saturated carbocycles. The van der Waals surface area contributed by atoms with Crippen molar-refractivity contribution >= 4 is 16.7 Å². The predicted molar refractivity (Wildman–Crippen MR) is 86.1 cm³/mol. The van der Waals surface area contributed by atoms with Gasteiger partial charge in [-0.05, 0) is 30.3 Å². The highest BCUT2D eigenvalue weighted by Crippen LogP contribution is 2.25. The van der Waals surface area contributed by atoms with Crippen molar-refractivity contribution in [3.63, 3.8) is 0 Å². The third-order valence-corrected chi connectivity index (χ3v) is 3.23. The first-order valence-corrected chi connectivity index (χ1v) is 6.75. The summed E-state index contributed by atoms with van der Waals surface area (Å²) in [4.78, 5) is 7.66. The van der Waals surface area contributed by atoms with Crippen molar-refractivity contribution in [2.75, 3.05) is 5.32 Å². The van der Waals surface area contributed by atoms with Gasteiger partial charge < -0.3 is 15.4 Å². The van der Waals surface area contributed by atoms with E-state index in [4.69, 9.17) is 10.5 Å². The fraction of sp³-hybridized carbons (Fsp3) is 0. The molecule has 23 heavy (non-hydrogen) atoms. The van der Waals surface area contributed by atoms with Gasteiger partial charge in [0.15, 0.2) is 0 Å². The summed E-state index contributed by atoms with van der Waals surface area (Å²) in [7, 11) is 0. The van der Waals surface area contributed by atoms with Gasteiger partial charge in [0.05, 0.1) is 11.0 Å². The van der Waals surface area contributed by atoms with Crippen LogP contribution in [0.4, 0.5) is 5.69 Å². The highest BCUT2D eigenvalue weighted by atomic mass is 16.3. The second-order valence-electron chi connectivity index (χ2n) is 4.79. The van der Waals surface area contributed by atoms with Crippen molar-refractivity contribution in [1.82, 2.24) is 9.97 Å². The van der Waals surface area contributed by atoms with Gasteiger partial charge in [0.1, 0.15) is 29.3 Å². The number of aromatic nitrogens is 2. The van der Waals surface area contributed by atoms with Gasteiger partial charge in [-0.25, -0.2) is 4.98 Å². The number of hydrogen-bond donors (Lipinski definition) is 3. The molecule has 0 amide bonds. The third-order valence-electron chi connectivity index (χ3n) is 3.23. The maximum atomic E-state index is 9.55. The van der Waals surface area contributed by atoms with Crippen molar-refractivity contribution < 1.29 is 5.11 Å². The second-order valence-corrected chi connectivity index (χ2v) is 4.79. The van der Waals surface area contributed by atoms with E-state index in [1.807, 2.05) is 18.2 Å². The Morgan fingerprint density at radius 2 is 2.00 bits per heavy atom. The van der Waals surface area contributed by atoms with Crippen LogP contribution in [0.1, 0.15) is 0 Å². The lowest BCUT2D eigenvalue weighted by atomic mass is 10.2. The van der Waals surface area contributed by atoms with Gasteiger partial charge in [0.25, 0.3) is 0 Å². The van der Waals surface area contributed by atoms with Gasteiger partial charge in [-0.2, -0.15) is 10.5 Å². The quantitative estimate of drug-likeness (QED) is 0.643. The molecule has 3 rings (SSSR count). The number of aromatic amines is 1. The van der Waals surface area contributed by atoms with E-state index in [1.54, 1.807) is 36.4 Å². The zero-order valence-electron chi connectivity index (χ0n) is 11.9. The number of phenolic OH excluding ortho intramolecular Hbond substituents is 1. The monoisotopic (exact) mass is 301 g/mol. The van der Waals surface area contributed by atoms with Crippen LogP contribution in [0.25, 0.3) is 22.4 Å². The van der Waals surface area contributed by atoms with Crippen LogP contribution in [0, 0.1) is 22.7 Å². The Morgan fingerprint density at radius 3 is 2.74 bits per heavy atom. The number of nitrogens with zero attached hydrogens (tertiary/aromatic N) is 3. The van der Waals surface area contributed by atoms with Gasteiger partial charge in [-0.15, -0.1) is 0 Å². The molecule has 0 aliphatic carbocycles. The van der Waals surface area contributed by atoms with Crippen molar-refractivity contribution in [3.8, 4) is 29.3 Å². The molecule has 6 heteroatoms. The molecule has 0 unspecified atom stereocenters. The Hall–Kier alpha value is -3.77. The standard InChI is InChI=1S/C17H11N5O/c18-8-11(9-19)10-20-13-4-5-15-16(7-13)22-17(21-15)12-2-1-3-14(23)6-12/h1-7,10,20,23H,(H,21,22). The van der Waals surface area contributed by atoms with Gasteiger partial charge >= 0.3 is 0 Å². The molecule has 0 atom stereocenters. The summed E-state index contributed by atoms with van der Waals surface area (Å²) in [6, 6.07) is 15.9. The zero-order valence-corrected chi connectivity index (χ0v) is 11.9. The summed E-state index contributed by atoms with van der Waals surface area (Å²) in [5, 5.41) is 29.9. The van der Waals surface area contributed by atoms with Crippen LogP contribution >= 0.6 is 0 Å². The van der Waals surface area contributed by atoms with Crippen LogP contribution in [0.3, 0.4) is 0 Å². The Balaban J connectivity index is 1.94. The lowest BCUT2D eigenvalue weighted by Gasteiger charge is -1.99. The summed E-state index contributed by atoms with van der Waals surface area (Å²) in [5.41, 5.74) is 3.09. The molecule has 6 nitrogen and oxygen atoms in total. The molecule has 0 spiro atoms. The number of nitriles is 2. The molecule has 110 valence electrons. The third kappa shape index (κ3) is 2.97. The molecule has 1 aromatic heterocycles. The average molecular weight is 301 g/mol. The zero-order chi connectivity index (χ0) is 16.2. The average Bonchev–Trinajstić information content (AvgIpc) is 2.99. The van der Waals surface area contributed by atoms with E-state index in [1.165, 1.54) is 6.20 Å². The number of aromatic hydroxyl groups is 1. The summed E-state index contributed by atoms with van der Waals surface area (Å²) < 4.78 is 0. The van der Waals surface area contributed by atoms with Crippen LogP contribution in [0.2, 0.25) is 0 Å². The van der Waals surface area contributed by atoms with Crippen LogP contribution in [-0.2, 0) is 0 Å². The fourth-order valence-corrected chi connectivity index (χ4v) is 2.13. The van der Waals surface area contributed by atoms with Crippen LogP contribution < -0.4 is 5.32 Å². The maximum Gasteiger partial charge on any atom is 0.145 e. The molecule has 1 heterocycles. The van der Waals surface area contributed by atoms with Gasteiger partial charge in [-0.1, -0.05) is 12.1 Å². The number of fused-ring (bicyclic) bond motifs is 1. The first kappa shape index (κ1) is 14.2. The molecule has 0 radical (unpaired) electrons. The van der Waals surface area contributed by atoms with Crippen molar-refractivity contribution in [3.05, 3.63) is 54.2 Å². The first-order valence-electron chi connectivity index (χ1n) is 6.75. The minimum atomic E-state index is -0.00448. The Kier molecular flexibility index (Phi) is 3.65. The number of H-pyrrole nitrogens is 1. The summed E-state index contributed by atoms with van der Waals surface area (Å²) >= 11 is 0. The number of phenols is 1.